The summed E-state index contributed by atoms with van der Waals surface area (Å²) in [7, 11) is 0. The Hall–Kier alpha value is 0.01000. The minimum absolute atomic E-state index is 0.412. The molecule has 0 aromatic rings. The summed E-state index contributed by atoms with van der Waals surface area (Å²) in [5, 5.41) is 0.890. The monoisotopic (exact) mass is 268 g/mol. The molecule has 1 unspecified atom stereocenters. The van der Waals surface area contributed by atoms with Gasteiger partial charge in [0.25, 0.3) is 0 Å². The second-order valence-corrected chi connectivity index (χ2v) is 7.02. The van der Waals surface area contributed by atoms with Crippen molar-refractivity contribution in [2.75, 3.05) is 5.75 Å². The number of thioether (sulfide) groups is 1. The zero-order valence-corrected chi connectivity index (χ0v) is 12.3. The summed E-state index contributed by atoms with van der Waals surface area (Å²) in [5.74, 6) is 6.93. The summed E-state index contributed by atoms with van der Waals surface area (Å²) in [6.07, 6.45) is 16.2. The van der Waals surface area contributed by atoms with Crippen LogP contribution >= 0.6 is 11.8 Å². The van der Waals surface area contributed by atoms with Crippen molar-refractivity contribution in [1.29, 1.82) is 0 Å². The van der Waals surface area contributed by atoms with Crippen LogP contribution in [0.2, 0.25) is 0 Å². The molecular weight excluding hydrogens is 240 g/mol. The van der Waals surface area contributed by atoms with E-state index in [4.69, 9.17) is 5.84 Å². The topological polar surface area (TPSA) is 38.0 Å². The fourth-order valence-corrected chi connectivity index (χ4v) is 4.52. The van der Waals surface area contributed by atoms with Gasteiger partial charge in [-0.25, -0.2) is 0 Å². The number of hydrazine groups is 1. The SMILES string of the molecule is NNC(CSC1CCCCC1)C1=CCCCCC1. The van der Waals surface area contributed by atoms with Gasteiger partial charge in [-0.1, -0.05) is 37.3 Å². The minimum atomic E-state index is 0.412. The molecule has 0 aromatic carbocycles. The Kier molecular flexibility index (Phi) is 6.60. The molecule has 2 nitrogen and oxygen atoms in total. The van der Waals surface area contributed by atoms with Crippen LogP contribution in [0, 0.1) is 0 Å². The van der Waals surface area contributed by atoms with Gasteiger partial charge < -0.3 is 0 Å². The molecular formula is C15H28N2S. The van der Waals surface area contributed by atoms with Gasteiger partial charge in [0.1, 0.15) is 0 Å². The van der Waals surface area contributed by atoms with E-state index in [0.717, 1.165) is 11.0 Å². The molecule has 0 aromatic heterocycles. The van der Waals surface area contributed by atoms with Crippen molar-refractivity contribution in [2.45, 2.75) is 75.5 Å². The van der Waals surface area contributed by atoms with E-state index in [0.29, 0.717) is 6.04 Å². The van der Waals surface area contributed by atoms with Gasteiger partial charge in [-0.3, -0.25) is 11.3 Å². The Balaban J connectivity index is 1.78. The third-order valence-corrected chi connectivity index (χ3v) is 5.74. The van der Waals surface area contributed by atoms with Crippen LogP contribution in [0.1, 0.15) is 64.2 Å². The molecule has 0 aliphatic heterocycles. The third-order valence-electron chi connectivity index (χ3n) is 4.28. The normalized spacial score (nSPS) is 24.4. The molecule has 2 aliphatic carbocycles. The zero-order chi connectivity index (χ0) is 12.6. The van der Waals surface area contributed by atoms with Crippen LogP contribution in [0.3, 0.4) is 0 Å². The summed E-state index contributed by atoms with van der Waals surface area (Å²) in [4.78, 5) is 0. The standard InChI is InChI=1S/C15H28N2S/c16-17-15(13-8-4-1-2-5-9-13)12-18-14-10-6-3-7-11-14/h8,14-15,17H,1-7,9-12,16H2. The summed E-state index contributed by atoms with van der Waals surface area (Å²) in [6.45, 7) is 0. The molecule has 0 spiro atoms. The van der Waals surface area contributed by atoms with Crippen molar-refractivity contribution in [2.24, 2.45) is 5.84 Å². The lowest BCUT2D eigenvalue weighted by molar-refractivity contribution is 0.514. The van der Waals surface area contributed by atoms with Gasteiger partial charge in [0.2, 0.25) is 0 Å². The molecule has 104 valence electrons. The quantitative estimate of drug-likeness (QED) is 0.453. The van der Waals surface area contributed by atoms with E-state index in [2.05, 4.69) is 23.3 Å². The molecule has 1 atom stereocenters. The smallest absolute Gasteiger partial charge is 0.0510 e. The number of rotatable bonds is 5. The van der Waals surface area contributed by atoms with E-state index in [1.54, 1.807) is 5.57 Å². The predicted octanol–water partition coefficient (Wildman–Crippen LogP) is 3.77. The van der Waals surface area contributed by atoms with Gasteiger partial charge >= 0.3 is 0 Å². The average Bonchev–Trinajstić information content (AvgIpc) is 2.70. The van der Waals surface area contributed by atoms with Gasteiger partial charge in [0.05, 0.1) is 6.04 Å². The first kappa shape index (κ1) is 14.4. The van der Waals surface area contributed by atoms with Gasteiger partial charge in [-0.15, -0.1) is 0 Å². The average molecular weight is 268 g/mol. The van der Waals surface area contributed by atoms with Crippen LogP contribution in [-0.2, 0) is 0 Å². The van der Waals surface area contributed by atoms with Crippen molar-refractivity contribution >= 4 is 11.8 Å². The molecule has 1 fully saturated rings. The highest BCUT2D eigenvalue weighted by atomic mass is 32.2. The molecule has 0 bridgehead atoms. The Labute approximate surface area is 116 Å². The Morgan fingerprint density at radius 2 is 1.94 bits per heavy atom. The Morgan fingerprint density at radius 3 is 2.72 bits per heavy atom. The van der Waals surface area contributed by atoms with E-state index >= 15 is 0 Å². The predicted molar refractivity (Wildman–Crippen MR) is 81.6 cm³/mol. The largest absolute Gasteiger partial charge is 0.271 e. The summed E-state index contributed by atoms with van der Waals surface area (Å²) >= 11 is 2.15. The molecule has 2 rings (SSSR count). The van der Waals surface area contributed by atoms with Crippen molar-refractivity contribution in [3.05, 3.63) is 11.6 Å². The zero-order valence-electron chi connectivity index (χ0n) is 11.5. The lowest BCUT2D eigenvalue weighted by Crippen LogP contribution is -2.39. The first-order valence-corrected chi connectivity index (χ1v) is 8.71. The van der Waals surface area contributed by atoms with Gasteiger partial charge in [-0.2, -0.15) is 11.8 Å². The number of nitrogens with two attached hydrogens (primary N) is 1. The van der Waals surface area contributed by atoms with Crippen molar-refractivity contribution < 1.29 is 0 Å². The molecule has 0 saturated heterocycles. The molecule has 0 radical (unpaired) electrons. The van der Waals surface area contributed by atoms with Crippen LogP contribution in [-0.4, -0.2) is 17.0 Å². The van der Waals surface area contributed by atoms with Gasteiger partial charge in [0.15, 0.2) is 0 Å². The maximum absolute atomic E-state index is 5.77. The number of nitrogens with one attached hydrogen (secondary N) is 1. The lowest BCUT2D eigenvalue weighted by Gasteiger charge is -2.25. The highest BCUT2D eigenvalue weighted by Gasteiger charge is 2.18. The van der Waals surface area contributed by atoms with Crippen LogP contribution in [0.5, 0.6) is 0 Å². The summed E-state index contributed by atoms with van der Waals surface area (Å²) < 4.78 is 0. The molecule has 2 aliphatic rings. The van der Waals surface area contributed by atoms with Crippen molar-refractivity contribution in [3.63, 3.8) is 0 Å². The number of hydrogen-bond acceptors (Lipinski definition) is 3. The van der Waals surface area contributed by atoms with E-state index in [1.807, 2.05) is 0 Å². The highest BCUT2D eigenvalue weighted by molar-refractivity contribution is 7.99. The van der Waals surface area contributed by atoms with Crippen LogP contribution in [0.15, 0.2) is 11.6 Å². The van der Waals surface area contributed by atoms with Gasteiger partial charge in [0, 0.05) is 11.0 Å². The van der Waals surface area contributed by atoms with E-state index in [9.17, 15) is 0 Å². The first-order valence-electron chi connectivity index (χ1n) is 7.67. The van der Waals surface area contributed by atoms with Gasteiger partial charge in [-0.05, 0) is 38.5 Å². The second kappa shape index (κ2) is 8.23. The van der Waals surface area contributed by atoms with E-state index < -0.39 is 0 Å². The Bertz CT molecular complexity index is 259. The fourth-order valence-electron chi connectivity index (χ4n) is 3.08. The summed E-state index contributed by atoms with van der Waals surface area (Å²) in [5.41, 5.74) is 4.62. The maximum Gasteiger partial charge on any atom is 0.0510 e. The molecule has 18 heavy (non-hydrogen) atoms. The van der Waals surface area contributed by atoms with Crippen LogP contribution in [0.25, 0.3) is 0 Å². The summed E-state index contributed by atoms with van der Waals surface area (Å²) in [6, 6.07) is 0.412. The molecule has 1 saturated carbocycles. The fraction of sp³-hybridized carbons (Fsp3) is 0.867. The van der Waals surface area contributed by atoms with Crippen molar-refractivity contribution in [3.8, 4) is 0 Å². The number of allylic oxidation sites excluding steroid dienone is 1. The van der Waals surface area contributed by atoms with Crippen molar-refractivity contribution in [1.82, 2.24) is 5.43 Å². The van der Waals surface area contributed by atoms with E-state index in [1.165, 1.54) is 64.2 Å². The highest BCUT2D eigenvalue weighted by Crippen LogP contribution is 2.30. The van der Waals surface area contributed by atoms with Crippen LogP contribution < -0.4 is 11.3 Å². The third kappa shape index (κ3) is 4.60. The van der Waals surface area contributed by atoms with Crippen LogP contribution in [0.4, 0.5) is 0 Å². The Morgan fingerprint density at radius 1 is 1.17 bits per heavy atom. The lowest BCUT2D eigenvalue weighted by atomic mass is 10.0. The van der Waals surface area contributed by atoms with E-state index in [-0.39, 0.29) is 0 Å². The molecule has 0 amide bonds. The first-order chi connectivity index (χ1) is 8.90. The minimum Gasteiger partial charge on any atom is -0.271 e. The second-order valence-electron chi connectivity index (χ2n) is 5.69. The molecule has 0 heterocycles. The maximum atomic E-state index is 5.77. The molecule has 3 heteroatoms. The molecule has 3 N–H and O–H groups in total. The number of hydrogen-bond donors (Lipinski definition) is 2.